The van der Waals surface area contributed by atoms with Crippen molar-refractivity contribution in [2.75, 3.05) is 31.1 Å². The lowest BCUT2D eigenvalue weighted by Crippen LogP contribution is -2.61. The van der Waals surface area contributed by atoms with Crippen molar-refractivity contribution in [1.29, 1.82) is 0 Å². The Kier molecular flexibility index (Phi) is 5.45. The number of nitrogens with zero attached hydrogens (tertiary/aromatic N) is 2. The molecule has 144 valence electrons. The molecule has 5 nitrogen and oxygen atoms in total. The number of piperazine rings is 1. The van der Waals surface area contributed by atoms with Gasteiger partial charge in [-0.2, -0.15) is 0 Å². The van der Waals surface area contributed by atoms with Crippen molar-refractivity contribution < 1.29 is 13.2 Å². The number of carbonyl (C=O) groups is 1. The quantitative estimate of drug-likeness (QED) is 0.802. The van der Waals surface area contributed by atoms with Gasteiger partial charge in [0.25, 0.3) is 0 Å². The Labute approximate surface area is 157 Å². The molecule has 2 atom stereocenters. The van der Waals surface area contributed by atoms with E-state index >= 15 is 0 Å². The predicted molar refractivity (Wildman–Crippen MR) is 104 cm³/mol. The number of amides is 1. The minimum absolute atomic E-state index is 0.0509. The minimum atomic E-state index is -3.09. The molecule has 0 radical (unpaired) electrons. The van der Waals surface area contributed by atoms with Gasteiger partial charge in [-0.25, -0.2) is 8.42 Å². The molecule has 26 heavy (non-hydrogen) atoms. The van der Waals surface area contributed by atoms with Crippen molar-refractivity contribution in [2.24, 2.45) is 5.92 Å². The Bertz CT molecular complexity index is 788. The van der Waals surface area contributed by atoms with Crippen LogP contribution in [0.25, 0.3) is 0 Å². The Morgan fingerprint density at radius 1 is 1.15 bits per heavy atom. The first-order chi connectivity index (χ1) is 12.2. The van der Waals surface area contributed by atoms with Crippen LogP contribution in [0.4, 0.5) is 0 Å². The Morgan fingerprint density at radius 2 is 1.85 bits per heavy atom. The van der Waals surface area contributed by atoms with E-state index in [0.29, 0.717) is 18.9 Å². The van der Waals surface area contributed by atoms with Crippen LogP contribution in [0.5, 0.6) is 0 Å². The Balaban J connectivity index is 1.79. The third-order valence-electron chi connectivity index (χ3n) is 5.56. The summed E-state index contributed by atoms with van der Waals surface area (Å²) in [5.41, 5.74) is 3.29. The van der Waals surface area contributed by atoms with Crippen LogP contribution in [0, 0.1) is 19.8 Å². The summed E-state index contributed by atoms with van der Waals surface area (Å²) in [5.74, 6) is 0.814. The highest BCUT2D eigenvalue weighted by Gasteiger charge is 2.47. The number of aryl methyl sites for hydroxylation is 2. The molecule has 0 aliphatic carbocycles. The summed E-state index contributed by atoms with van der Waals surface area (Å²) in [7, 11) is -3.09. The molecular weight excluding hydrogens is 348 g/mol. The highest BCUT2D eigenvalue weighted by Crippen LogP contribution is 2.28. The van der Waals surface area contributed by atoms with E-state index < -0.39 is 9.84 Å². The zero-order valence-corrected chi connectivity index (χ0v) is 17.1. The molecule has 1 aromatic carbocycles. The average Bonchev–Trinajstić information content (AvgIpc) is 2.86. The molecule has 0 N–H and O–H groups in total. The van der Waals surface area contributed by atoms with Crippen LogP contribution in [-0.4, -0.2) is 67.3 Å². The van der Waals surface area contributed by atoms with Gasteiger partial charge in [-0.3, -0.25) is 9.69 Å². The zero-order valence-electron chi connectivity index (χ0n) is 16.2. The standard InChI is InChI=1S/C20H30N2O3S/c1-14(2)11-21-7-8-22(19-13-26(24,25)12-18(19)21)20(23)10-17-9-15(3)5-6-16(17)4/h5-6,9,14,18-19H,7-8,10-13H2,1-4H3/t18-,19+/m1/s1. The van der Waals surface area contributed by atoms with Gasteiger partial charge in [0, 0.05) is 25.7 Å². The summed E-state index contributed by atoms with van der Waals surface area (Å²) in [5, 5.41) is 0. The van der Waals surface area contributed by atoms with E-state index in [0.717, 1.165) is 29.8 Å². The lowest BCUT2D eigenvalue weighted by Gasteiger charge is -2.44. The van der Waals surface area contributed by atoms with Crippen molar-refractivity contribution >= 4 is 15.7 Å². The molecular formula is C20H30N2O3S. The molecule has 2 saturated heterocycles. The van der Waals surface area contributed by atoms with E-state index in [1.54, 1.807) is 0 Å². The molecule has 0 spiro atoms. The van der Waals surface area contributed by atoms with Gasteiger partial charge in [-0.1, -0.05) is 37.6 Å². The summed E-state index contributed by atoms with van der Waals surface area (Å²) < 4.78 is 24.6. The molecule has 2 fully saturated rings. The first kappa shape index (κ1) is 19.4. The van der Waals surface area contributed by atoms with Crippen LogP contribution in [0.1, 0.15) is 30.5 Å². The number of rotatable bonds is 4. The van der Waals surface area contributed by atoms with Crippen LogP contribution in [-0.2, 0) is 21.1 Å². The molecule has 2 heterocycles. The van der Waals surface area contributed by atoms with Gasteiger partial charge in [0.05, 0.1) is 24.0 Å². The van der Waals surface area contributed by atoms with E-state index in [4.69, 9.17) is 0 Å². The lowest BCUT2D eigenvalue weighted by molar-refractivity contribution is -0.136. The van der Waals surface area contributed by atoms with E-state index in [1.807, 2.05) is 30.9 Å². The van der Waals surface area contributed by atoms with Gasteiger partial charge in [-0.05, 0) is 30.9 Å². The first-order valence-corrected chi connectivity index (χ1v) is 11.3. The minimum Gasteiger partial charge on any atom is -0.336 e. The van der Waals surface area contributed by atoms with Crippen molar-refractivity contribution in [1.82, 2.24) is 9.80 Å². The summed E-state index contributed by atoms with van der Waals surface area (Å²) in [6.07, 6.45) is 0.348. The number of sulfone groups is 1. The van der Waals surface area contributed by atoms with Crippen molar-refractivity contribution in [3.63, 3.8) is 0 Å². The molecule has 3 rings (SSSR count). The largest absolute Gasteiger partial charge is 0.336 e. The number of hydrogen-bond acceptors (Lipinski definition) is 4. The molecule has 0 unspecified atom stereocenters. The predicted octanol–water partition coefficient (Wildman–Crippen LogP) is 1.81. The first-order valence-electron chi connectivity index (χ1n) is 9.46. The van der Waals surface area contributed by atoms with Gasteiger partial charge in [0.1, 0.15) is 0 Å². The summed E-state index contributed by atoms with van der Waals surface area (Å²) in [4.78, 5) is 17.1. The number of carbonyl (C=O) groups excluding carboxylic acids is 1. The normalized spacial score (nSPS) is 25.5. The highest BCUT2D eigenvalue weighted by molar-refractivity contribution is 7.91. The molecule has 0 aromatic heterocycles. The van der Waals surface area contributed by atoms with Gasteiger partial charge in [0.15, 0.2) is 9.84 Å². The topological polar surface area (TPSA) is 57.7 Å². The molecule has 1 aromatic rings. The number of benzene rings is 1. The number of fused-ring (bicyclic) bond motifs is 1. The van der Waals surface area contributed by atoms with Crippen molar-refractivity contribution in [3.05, 3.63) is 34.9 Å². The third kappa shape index (κ3) is 4.12. The van der Waals surface area contributed by atoms with Crippen molar-refractivity contribution in [2.45, 2.75) is 46.2 Å². The second-order valence-electron chi connectivity index (χ2n) is 8.29. The fraction of sp³-hybridized carbons (Fsp3) is 0.650. The van der Waals surface area contributed by atoms with Crippen LogP contribution in [0.15, 0.2) is 18.2 Å². The fourth-order valence-corrected chi connectivity index (χ4v) is 6.30. The van der Waals surface area contributed by atoms with E-state index in [1.165, 1.54) is 0 Å². The van der Waals surface area contributed by atoms with Crippen LogP contribution < -0.4 is 0 Å². The molecule has 0 saturated carbocycles. The molecule has 0 bridgehead atoms. The highest BCUT2D eigenvalue weighted by atomic mass is 32.2. The van der Waals surface area contributed by atoms with E-state index in [2.05, 4.69) is 24.8 Å². The van der Waals surface area contributed by atoms with Gasteiger partial charge in [0.2, 0.25) is 5.91 Å². The second kappa shape index (κ2) is 7.31. The average molecular weight is 379 g/mol. The fourth-order valence-electron chi connectivity index (χ4n) is 4.29. The maximum absolute atomic E-state index is 13.0. The third-order valence-corrected chi connectivity index (χ3v) is 7.26. The van der Waals surface area contributed by atoms with E-state index in [9.17, 15) is 13.2 Å². The van der Waals surface area contributed by atoms with Crippen LogP contribution >= 0.6 is 0 Å². The monoisotopic (exact) mass is 378 g/mol. The molecule has 2 aliphatic heterocycles. The summed E-state index contributed by atoms with van der Waals surface area (Å²) >= 11 is 0. The maximum Gasteiger partial charge on any atom is 0.227 e. The van der Waals surface area contributed by atoms with Crippen molar-refractivity contribution in [3.8, 4) is 0 Å². The summed E-state index contributed by atoms with van der Waals surface area (Å²) in [6, 6.07) is 5.89. The van der Waals surface area contributed by atoms with Crippen LogP contribution in [0.3, 0.4) is 0 Å². The Morgan fingerprint density at radius 3 is 2.54 bits per heavy atom. The molecule has 6 heteroatoms. The van der Waals surface area contributed by atoms with Gasteiger partial charge >= 0.3 is 0 Å². The SMILES string of the molecule is Cc1ccc(C)c(CC(=O)N2CCN(CC(C)C)[C@@H]3CS(=O)(=O)C[C@@H]32)c1. The van der Waals surface area contributed by atoms with E-state index in [-0.39, 0.29) is 29.5 Å². The molecule has 1 amide bonds. The maximum atomic E-state index is 13.0. The van der Waals surface area contributed by atoms with Gasteiger partial charge < -0.3 is 4.90 Å². The lowest BCUT2D eigenvalue weighted by atomic mass is 9.99. The number of hydrogen-bond donors (Lipinski definition) is 0. The smallest absolute Gasteiger partial charge is 0.227 e. The van der Waals surface area contributed by atoms with Gasteiger partial charge in [-0.15, -0.1) is 0 Å². The zero-order chi connectivity index (χ0) is 19.1. The Hall–Kier alpha value is -1.40. The summed E-state index contributed by atoms with van der Waals surface area (Å²) in [6.45, 7) is 10.6. The van der Waals surface area contributed by atoms with Crippen LogP contribution in [0.2, 0.25) is 0 Å². The molecule has 2 aliphatic rings. The second-order valence-corrected chi connectivity index (χ2v) is 10.4.